The van der Waals surface area contributed by atoms with Crippen LogP contribution < -0.4 is 10.1 Å². The minimum absolute atomic E-state index is 0.217. The highest BCUT2D eigenvalue weighted by Gasteiger charge is 2.13. The first kappa shape index (κ1) is 21.3. The molecule has 0 unspecified atom stereocenters. The number of fused-ring (bicyclic) bond motifs is 1. The summed E-state index contributed by atoms with van der Waals surface area (Å²) in [5, 5.41) is 5.23. The van der Waals surface area contributed by atoms with Gasteiger partial charge in [-0.25, -0.2) is 4.39 Å². The molecule has 1 aromatic heterocycles. The third-order valence-electron chi connectivity index (χ3n) is 4.89. The summed E-state index contributed by atoms with van der Waals surface area (Å²) in [7, 11) is 1.58. The standard InChI is InChI=1S/C23H27ClFN3O/c1-3-13-28(16-19-20(25)6-4-7-23(19)29-2)14-5-11-26-21-10-12-27-22-15-17(24)8-9-18(21)22/h4,6-10,12,15H,3,5,11,13-14,16H2,1-2H3,(H,26,27). The van der Waals surface area contributed by atoms with Crippen molar-refractivity contribution in [3.8, 4) is 5.75 Å². The fourth-order valence-electron chi connectivity index (χ4n) is 3.49. The Labute approximate surface area is 176 Å². The number of aromatic nitrogens is 1. The van der Waals surface area contributed by atoms with E-state index in [1.165, 1.54) is 6.07 Å². The van der Waals surface area contributed by atoms with Crippen LogP contribution in [0.4, 0.5) is 10.1 Å². The minimum Gasteiger partial charge on any atom is -0.496 e. The number of hydrogen-bond acceptors (Lipinski definition) is 4. The van der Waals surface area contributed by atoms with Crippen LogP contribution in [-0.4, -0.2) is 36.6 Å². The number of benzene rings is 2. The van der Waals surface area contributed by atoms with Crippen LogP contribution in [0.1, 0.15) is 25.3 Å². The molecule has 0 saturated carbocycles. The third-order valence-corrected chi connectivity index (χ3v) is 5.12. The molecular weight excluding hydrogens is 389 g/mol. The molecule has 0 radical (unpaired) electrons. The Morgan fingerprint density at radius 1 is 1.17 bits per heavy atom. The lowest BCUT2D eigenvalue weighted by Gasteiger charge is -2.23. The fraction of sp³-hybridized carbons (Fsp3) is 0.348. The number of methoxy groups -OCH3 is 1. The average molecular weight is 416 g/mol. The Balaban J connectivity index is 1.59. The van der Waals surface area contributed by atoms with Gasteiger partial charge in [0.2, 0.25) is 0 Å². The Kier molecular flexibility index (Phi) is 7.67. The molecule has 4 nitrogen and oxygen atoms in total. The lowest BCUT2D eigenvalue weighted by Crippen LogP contribution is -2.27. The van der Waals surface area contributed by atoms with Gasteiger partial charge in [-0.1, -0.05) is 24.6 Å². The number of nitrogens with one attached hydrogen (secondary N) is 1. The van der Waals surface area contributed by atoms with Gasteiger partial charge in [0, 0.05) is 47.5 Å². The van der Waals surface area contributed by atoms with E-state index in [1.54, 1.807) is 19.4 Å². The number of halogens is 2. The number of nitrogens with zero attached hydrogens (tertiary/aromatic N) is 2. The van der Waals surface area contributed by atoms with Gasteiger partial charge in [-0.05, 0) is 55.8 Å². The summed E-state index contributed by atoms with van der Waals surface area (Å²) >= 11 is 6.06. The normalized spacial score (nSPS) is 11.2. The molecule has 0 saturated heterocycles. The lowest BCUT2D eigenvalue weighted by atomic mass is 10.1. The highest BCUT2D eigenvalue weighted by Crippen LogP contribution is 2.25. The van der Waals surface area contributed by atoms with Crippen LogP contribution in [0.25, 0.3) is 10.9 Å². The largest absolute Gasteiger partial charge is 0.496 e. The van der Waals surface area contributed by atoms with E-state index in [0.717, 1.165) is 49.1 Å². The minimum atomic E-state index is -0.217. The molecule has 3 rings (SSSR count). The molecule has 0 amide bonds. The molecule has 1 heterocycles. The Hall–Kier alpha value is -2.37. The van der Waals surface area contributed by atoms with Crippen LogP contribution in [-0.2, 0) is 6.54 Å². The van der Waals surface area contributed by atoms with E-state index >= 15 is 0 Å². The monoisotopic (exact) mass is 415 g/mol. The summed E-state index contributed by atoms with van der Waals surface area (Å²) in [4.78, 5) is 6.65. The van der Waals surface area contributed by atoms with Crippen molar-refractivity contribution in [3.05, 3.63) is 65.1 Å². The Bertz CT molecular complexity index is 951. The van der Waals surface area contributed by atoms with Crippen molar-refractivity contribution in [2.45, 2.75) is 26.3 Å². The zero-order chi connectivity index (χ0) is 20.6. The highest BCUT2D eigenvalue weighted by atomic mass is 35.5. The molecule has 2 aromatic carbocycles. The average Bonchev–Trinajstić information content (AvgIpc) is 2.72. The van der Waals surface area contributed by atoms with Gasteiger partial charge in [0.05, 0.1) is 12.6 Å². The van der Waals surface area contributed by atoms with Crippen LogP contribution in [0, 0.1) is 5.82 Å². The van der Waals surface area contributed by atoms with Crippen molar-refractivity contribution in [1.82, 2.24) is 9.88 Å². The highest BCUT2D eigenvalue weighted by molar-refractivity contribution is 6.31. The topological polar surface area (TPSA) is 37.4 Å². The molecule has 154 valence electrons. The molecule has 6 heteroatoms. The number of rotatable bonds is 10. The van der Waals surface area contributed by atoms with Crippen LogP contribution in [0.2, 0.25) is 5.02 Å². The zero-order valence-corrected chi connectivity index (χ0v) is 17.7. The molecule has 0 atom stereocenters. The second-order valence-corrected chi connectivity index (χ2v) is 7.43. The summed E-state index contributed by atoms with van der Waals surface area (Å²) < 4.78 is 19.6. The van der Waals surface area contributed by atoms with Gasteiger partial charge in [0.15, 0.2) is 0 Å². The molecule has 0 aliphatic rings. The number of anilines is 1. The van der Waals surface area contributed by atoms with Gasteiger partial charge < -0.3 is 10.1 Å². The first-order valence-electron chi connectivity index (χ1n) is 9.94. The maximum atomic E-state index is 14.3. The molecule has 29 heavy (non-hydrogen) atoms. The molecular formula is C23H27ClFN3O. The lowest BCUT2D eigenvalue weighted by molar-refractivity contribution is 0.256. The van der Waals surface area contributed by atoms with Gasteiger partial charge in [-0.2, -0.15) is 0 Å². The molecule has 0 aliphatic heterocycles. The van der Waals surface area contributed by atoms with Crippen molar-refractivity contribution in [1.29, 1.82) is 0 Å². The number of ether oxygens (including phenoxy) is 1. The molecule has 0 fully saturated rings. The first-order valence-corrected chi connectivity index (χ1v) is 10.3. The van der Waals surface area contributed by atoms with E-state index in [2.05, 4.69) is 22.1 Å². The van der Waals surface area contributed by atoms with Gasteiger partial charge in [0.25, 0.3) is 0 Å². The summed E-state index contributed by atoms with van der Waals surface area (Å²) in [6.45, 7) is 5.27. The number of hydrogen-bond donors (Lipinski definition) is 1. The Morgan fingerprint density at radius 3 is 2.83 bits per heavy atom. The second-order valence-electron chi connectivity index (χ2n) is 7.00. The van der Waals surface area contributed by atoms with Crippen molar-refractivity contribution in [2.24, 2.45) is 0 Å². The predicted molar refractivity (Wildman–Crippen MR) is 118 cm³/mol. The molecule has 0 bridgehead atoms. The summed E-state index contributed by atoms with van der Waals surface area (Å²) in [6, 6.07) is 12.7. The molecule has 0 spiro atoms. The van der Waals surface area contributed by atoms with E-state index < -0.39 is 0 Å². The van der Waals surface area contributed by atoms with Crippen LogP contribution in [0.3, 0.4) is 0 Å². The second kappa shape index (κ2) is 10.4. The van der Waals surface area contributed by atoms with Gasteiger partial charge in [-0.15, -0.1) is 0 Å². The van der Waals surface area contributed by atoms with Crippen LogP contribution >= 0.6 is 11.6 Å². The molecule has 0 aliphatic carbocycles. The van der Waals surface area contributed by atoms with Gasteiger partial charge in [-0.3, -0.25) is 9.88 Å². The predicted octanol–water partition coefficient (Wildman–Crippen LogP) is 5.75. The molecule has 1 N–H and O–H groups in total. The van der Waals surface area contributed by atoms with Crippen LogP contribution in [0.15, 0.2) is 48.7 Å². The van der Waals surface area contributed by atoms with Gasteiger partial charge in [0.1, 0.15) is 11.6 Å². The summed E-state index contributed by atoms with van der Waals surface area (Å²) in [6.07, 6.45) is 3.74. The van der Waals surface area contributed by atoms with Crippen molar-refractivity contribution >= 4 is 28.2 Å². The summed E-state index contributed by atoms with van der Waals surface area (Å²) in [5.41, 5.74) is 2.54. The van der Waals surface area contributed by atoms with E-state index in [9.17, 15) is 4.39 Å². The van der Waals surface area contributed by atoms with E-state index in [4.69, 9.17) is 16.3 Å². The van der Waals surface area contributed by atoms with Gasteiger partial charge >= 0.3 is 0 Å². The van der Waals surface area contributed by atoms with E-state index in [1.807, 2.05) is 30.3 Å². The van der Waals surface area contributed by atoms with Crippen molar-refractivity contribution in [3.63, 3.8) is 0 Å². The quantitative estimate of drug-likeness (QED) is 0.428. The Morgan fingerprint density at radius 2 is 2.03 bits per heavy atom. The van der Waals surface area contributed by atoms with E-state index in [-0.39, 0.29) is 5.82 Å². The van der Waals surface area contributed by atoms with Crippen molar-refractivity contribution in [2.75, 3.05) is 32.1 Å². The van der Waals surface area contributed by atoms with Crippen LogP contribution in [0.5, 0.6) is 5.75 Å². The summed E-state index contributed by atoms with van der Waals surface area (Å²) in [5.74, 6) is 0.386. The van der Waals surface area contributed by atoms with E-state index in [0.29, 0.717) is 22.9 Å². The first-order chi connectivity index (χ1) is 14.1. The fourth-order valence-corrected chi connectivity index (χ4v) is 3.66. The SMILES string of the molecule is CCCN(CCCNc1ccnc2cc(Cl)ccc12)Cc1c(F)cccc1OC. The maximum Gasteiger partial charge on any atom is 0.131 e. The zero-order valence-electron chi connectivity index (χ0n) is 16.9. The number of pyridine rings is 1. The van der Waals surface area contributed by atoms with Crippen molar-refractivity contribution < 1.29 is 9.13 Å². The molecule has 3 aromatic rings. The maximum absolute atomic E-state index is 14.3. The third kappa shape index (κ3) is 5.58. The smallest absolute Gasteiger partial charge is 0.131 e.